The molecule has 8 nitrogen and oxygen atoms in total. The van der Waals surface area contributed by atoms with Gasteiger partial charge in [-0.2, -0.15) is 0 Å². The molecule has 2 rings (SSSR count). The molecule has 0 aliphatic rings. The zero-order valence-electron chi connectivity index (χ0n) is 13.0. The highest BCUT2D eigenvalue weighted by Gasteiger charge is 2.09. The summed E-state index contributed by atoms with van der Waals surface area (Å²) in [6, 6.07) is 6.39. The second kappa shape index (κ2) is 9.19. The van der Waals surface area contributed by atoms with Crippen LogP contribution in [0.3, 0.4) is 0 Å². The van der Waals surface area contributed by atoms with Crippen molar-refractivity contribution in [3.8, 4) is 0 Å². The van der Waals surface area contributed by atoms with Crippen molar-refractivity contribution in [2.45, 2.75) is 12.8 Å². The Morgan fingerprint density at radius 1 is 0.792 bits per heavy atom. The van der Waals surface area contributed by atoms with E-state index in [1.165, 1.54) is 12.5 Å². The molecule has 128 valence electrons. The summed E-state index contributed by atoms with van der Waals surface area (Å²) in [7, 11) is 0. The summed E-state index contributed by atoms with van der Waals surface area (Å²) in [5.74, 6) is -0.300. The van der Waals surface area contributed by atoms with Crippen molar-refractivity contribution in [1.82, 2.24) is 16.0 Å². The summed E-state index contributed by atoms with van der Waals surface area (Å²) >= 11 is 0. The van der Waals surface area contributed by atoms with Crippen molar-refractivity contribution in [3.05, 3.63) is 48.3 Å². The van der Waals surface area contributed by atoms with Gasteiger partial charge in [-0.25, -0.2) is 0 Å². The highest BCUT2D eigenvalue weighted by Crippen LogP contribution is 1.99. The maximum absolute atomic E-state index is 11.6. The Labute approximate surface area is 138 Å². The van der Waals surface area contributed by atoms with Crippen LogP contribution in [0.1, 0.15) is 34.0 Å². The van der Waals surface area contributed by atoms with Gasteiger partial charge in [-0.3, -0.25) is 14.4 Å². The average molecular weight is 333 g/mol. The fraction of sp³-hybridized carbons (Fsp3) is 0.312. The third-order valence-corrected chi connectivity index (χ3v) is 3.09. The number of carbonyl (C=O) groups is 3. The largest absolute Gasteiger partial charge is 0.459 e. The number of hydrogen-bond donors (Lipinski definition) is 3. The fourth-order valence-corrected chi connectivity index (χ4v) is 1.91. The van der Waals surface area contributed by atoms with Gasteiger partial charge in [0, 0.05) is 26.1 Å². The van der Waals surface area contributed by atoms with Gasteiger partial charge < -0.3 is 24.8 Å². The van der Waals surface area contributed by atoms with E-state index in [-0.39, 0.29) is 35.7 Å². The molecule has 0 aliphatic carbocycles. The molecule has 0 saturated carbocycles. The Balaban J connectivity index is 1.49. The second-order valence-corrected chi connectivity index (χ2v) is 4.92. The number of amides is 3. The SMILES string of the molecule is O=C(CCCNC(=O)c1ccco1)NCCNC(=O)c1ccco1. The molecule has 2 aromatic rings. The van der Waals surface area contributed by atoms with Crippen LogP contribution in [-0.2, 0) is 4.79 Å². The maximum atomic E-state index is 11.6. The fourth-order valence-electron chi connectivity index (χ4n) is 1.91. The molecule has 0 unspecified atom stereocenters. The van der Waals surface area contributed by atoms with Gasteiger partial charge >= 0.3 is 0 Å². The number of hydrogen-bond acceptors (Lipinski definition) is 5. The molecule has 0 saturated heterocycles. The lowest BCUT2D eigenvalue weighted by atomic mass is 10.3. The van der Waals surface area contributed by atoms with Crippen molar-refractivity contribution in [2.24, 2.45) is 0 Å². The van der Waals surface area contributed by atoms with Crippen molar-refractivity contribution >= 4 is 17.7 Å². The molecule has 0 spiro atoms. The third kappa shape index (κ3) is 5.64. The normalized spacial score (nSPS) is 10.2. The molecule has 2 heterocycles. The lowest BCUT2D eigenvalue weighted by molar-refractivity contribution is -0.121. The molecule has 24 heavy (non-hydrogen) atoms. The summed E-state index contributed by atoms with van der Waals surface area (Å²) in [6.45, 7) is 1.01. The van der Waals surface area contributed by atoms with E-state index in [2.05, 4.69) is 16.0 Å². The lowest BCUT2D eigenvalue weighted by Crippen LogP contribution is -2.34. The van der Waals surface area contributed by atoms with E-state index < -0.39 is 0 Å². The zero-order chi connectivity index (χ0) is 17.2. The van der Waals surface area contributed by atoms with E-state index in [4.69, 9.17) is 8.83 Å². The second-order valence-electron chi connectivity index (χ2n) is 4.92. The van der Waals surface area contributed by atoms with Gasteiger partial charge in [0.15, 0.2) is 11.5 Å². The third-order valence-electron chi connectivity index (χ3n) is 3.09. The Morgan fingerprint density at radius 2 is 1.33 bits per heavy atom. The summed E-state index contributed by atoms with van der Waals surface area (Å²) in [5, 5.41) is 7.97. The minimum atomic E-state index is -0.324. The molecule has 2 aromatic heterocycles. The lowest BCUT2D eigenvalue weighted by Gasteiger charge is -2.06. The molecule has 3 N–H and O–H groups in total. The Bertz CT molecular complexity index is 593. The van der Waals surface area contributed by atoms with Crippen LogP contribution in [0.2, 0.25) is 0 Å². The molecule has 8 heteroatoms. The maximum Gasteiger partial charge on any atom is 0.287 e. The first-order valence-corrected chi connectivity index (χ1v) is 7.57. The van der Waals surface area contributed by atoms with Crippen LogP contribution in [0.4, 0.5) is 0 Å². The molecular weight excluding hydrogens is 314 g/mol. The molecule has 3 amide bonds. The van der Waals surface area contributed by atoms with E-state index in [0.717, 1.165) is 0 Å². The van der Waals surface area contributed by atoms with Crippen LogP contribution >= 0.6 is 0 Å². The molecule has 0 bridgehead atoms. The zero-order valence-corrected chi connectivity index (χ0v) is 13.0. The number of nitrogens with one attached hydrogen (secondary N) is 3. The molecule has 0 aromatic carbocycles. The highest BCUT2D eigenvalue weighted by atomic mass is 16.3. The summed E-state index contributed by atoms with van der Waals surface area (Å²) in [4.78, 5) is 34.7. The van der Waals surface area contributed by atoms with Gasteiger partial charge in [-0.15, -0.1) is 0 Å². The number of carbonyl (C=O) groups excluding carboxylic acids is 3. The predicted octanol–water partition coefficient (Wildman–Crippen LogP) is 0.929. The first-order chi connectivity index (χ1) is 11.7. The Hall–Kier alpha value is -3.03. The quantitative estimate of drug-likeness (QED) is 0.591. The summed E-state index contributed by atoms with van der Waals surface area (Å²) in [5.41, 5.74) is 0. The topological polar surface area (TPSA) is 114 Å². The van der Waals surface area contributed by atoms with Gasteiger partial charge in [0.1, 0.15) is 0 Å². The van der Waals surface area contributed by atoms with E-state index >= 15 is 0 Å². The molecule has 0 aliphatic heterocycles. The van der Waals surface area contributed by atoms with Crippen molar-refractivity contribution < 1.29 is 23.2 Å². The van der Waals surface area contributed by atoms with Gasteiger partial charge in [0.25, 0.3) is 11.8 Å². The van der Waals surface area contributed by atoms with E-state index in [9.17, 15) is 14.4 Å². The first-order valence-electron chi connectivity index (χ1n) is 7.57. The smallest absolute Gasteiger partial charge is 0.287 e. The average Bonchev–Trinajstić information content (AvgIpc) is 3.28. The minimum Gasteiger partial charge on any atom is -0.459 e. The number of rotatable bonds is 9. The first kappa shape index (κ1) is 17.3. The van der Waals surface area contributed by atoms with Crippen LogP contribution < -0.4 is 16.0 Å². The van der Waals surface area contributed by atoms with Crippen molar-refractivity contribution in [3.63, 3.8) is 0 Å². The molecule has 0 fully saturated rings. The van der Waals surface area contributed by atoms with Gasteiger partial charge in [0.05, 0.1) is 12.5 Å². The molecular formula is C16H19N3O5. The van der Waals surface area contributed by atoms with Gasteiger partial charge in [0.2, 0.25) is 5.91 Å². The van der Waals surface area contributed by atoms with Crippen LogP contribution in [0.5, 0.6) is 0 Å². The highest BCUT2D eigenvalue weighted by molar-refractivity contribution is 5.91. The van der Waals surface area contributed by atoms with E-state index in [1.807, 2.05) is 0 Å². The van der Waals surface area contributed by atoms with Crippen LogP contribution in [0.15, 0.2) is 45.6 Å². The molecule has 0 radical (unpaired) electrons. The predicted molar refractivity (Wildman–Crippen MR) is 84.3 cm³/mol. The summed E-state index contributed by atoms with van der Waals surface area (Å²) in [6.07, 6.45) is 3.63. The van der Waals surface area contributed by atoms with E-state index in [1.54, 1.807) is 24.3 Å². The minimum absolute atomic E-state index is 0.144. The summed E-state index contributed by atoms with van der Waals surface area (Å²) < 4.78 is 9.90. The van der Waals surface area contributed by atoms with Crippen LogP contribution in [0, 0.1) is 0 Å². The Kier molecular flexibility index (Phi) is 6.63. The van der Waals surface area contributed by atoms with E-state index in [0.29, 0.717) is 26.1 Å². The van der Waals surface area contributed by atoms with Crippen molar-refractivity contribution in [1.29, 1.82) is 0 Å². The monoisotopic (exact) mass is 333 g/mol. The van der Waals surface area contributed by atoms with Gasteiger partial charge in [-0.05, 0) is 30.7 Å². The van der Waals surface area contributed by atoms with Crippen LogP contribution in [-0.4, -0.2) is 37.4 Å². The molecule has 0 atom stereocenters. The Morgan fingerprint density at radius 3 is 1.88 bits per heavy atom. The number of furan rings is 2. The standard InChI is InChI=1S/C16H19N3O5/c20-14(6-1-7-18-15(21)12-4-2-10-23-12)17-8-9-19-16(22)13-5-3-11-24-13/h2-5,10-11H,1,6-9H2,(H,17,20)(H,18,21)(H,19,22). The van der Waals surface area contributed by atoms with Gasteiger partial charge in [-0.1, -0.05) is 0 Å². The van der Waals surface area contributed by atoms with Crippen molar-refractivity contribution in [2.75, 3.05) is 19.6 Å². The van der Waals surface area contributed by atoms with Crippen LogP contribution in [0.25, 0.3) is 0 Å².